The molecule has 0 unspecified atom stereocenters. The first-order valence-electron chi connectivity index (χ1n) is 6.20. The number of rotatable bonds is 3. The van der Waals surface area contributed by atoms with Gasteiger partial charge in [-0.2, -0.15) is 9.49 Å². The van der Waals surface area contributed by atoms with Gasteiger partial charge in [-0.1, -0.05) is 36.4 Å². The molecule has 0 radical (unpaired) electrons. The third-order valence-electron chi connectivity index (χ3n) is 3.08. The maximum atomic E-state index is 13.6. The molecule has 1 aromatic heterocycles. The standard InChI is InChI=1S/C15H10FN3O2/c16-13-7-4-8-14(15(13)19(20)21)18-10-12(9-17-18)11-5-2-1-3-6-11/h1-10H. The molecule has 2 aromatic carbocycles. The van der Waals surface area contributed by atoms with Crippen molar-refractivity contribution < 1.29 is 9.31 Å². The lowest BCUT2D eigenvalue weighted by Crippen LogP contribution is -2.02. The fraction of sp³-hybridized carbons (Fsp3) is 0. The van der Waals surface area contributed by atoms with Gasteiger partial charge in [-0.3, -0.25) is 10.1 Å². The number of benzene rings is 2. The van der Waals surface area contributed by atoms with Crippen LogP contribution >= 0.6 is 0 Å². The molecule has 0 aliphatic heterocycles. The highest BCUT2D eigenvalue weighted by Crippen LogP contribution is 2.27. The Labute approximate surface area is 119 Å². The van der Waals surface area contributed by atoms with Crippen LogP contribution in [0.3, 0.4) is 0 Å². The van der Waals surface area contributed by atoms with Crippen LogP contribution in [0.2, 0.25) is 0 Å². The monoisotopic (exact) mass is 283 g/mol. The van der Waals surface area contributed by atoms with Gasteiger partial charge in [0.25, 0.3) is 0 Å². The fourth-order valence-electron chi connectivity index (χ4n) is 2.10. The van der Waals surface area contributed by atoms with E-state index in [2.05, 4.69) is 5.10 Å². The molecule has 0 N–H and O–H groups in total. The molecular formula is C15H10FN3O2. The van der Waals surface area contributed by atoms with Crippen LogP contribution in [0.1, 0.15) is 0 Å². The maximum absolute atomic E-state index is 13.6. The largest absolute Gasteiger partial charge is 0.330 e. The summed E-state index contributed by atoms with van der Waals surface area (Å²) in [5.74, 6) is -0.880. The molecule has 6 heteroatoms. The molecule has 104 valence electrons. The number of hydrogen-bond donors (Lipinski definition) is 0. The molecule has 5 nitrogen and oxygen atoms in total. The van der Waals surface area contributed by atoms with Crippen LogP contribution in [0.4, 0.5) is 10.1 Å². The highest BCUT2D eigenvalue weighted by molar-refractivity contribution is 5.63. The zero-order valence-corrected chi connectivity index (χ0v) is 10.8. The normalized spacial score (nSPS) is 10.5. The van der Waals surface area contributed by atoms with E-state index in [9.17, 15) is 14.5 Å². The minimum absolute atomic E-state index is 0.0992. The number of hydrogen-bond acceptors (Lipinski definition) is 3. The Morgan fingerprint density at radius 2 is 1.81 bits per heavy atom. The van der Waals surface area contributed by atoms with Gasteiger partial charge >= 0.3 is 5.69 Å². The predicted octanol–water partition coefficient (Wildman–Crippen LogP) is 3.59. The van der Waals surface area contributed by atoms with Gasteiger partial charge in [0.2, 0.25) is 5.82 Å². The van der Waals surface area contributed by atoms with Gasteiger partial charge in [0, 0.05) is 11.8 Å². The van der Waals surface area contributed by atoms with Crippen LogP contribution in [0.15, 0.2) is 60.9 Å². The van der Waals surface area contributed by atoms with Crippen molar-refractivity contribution in [1.82, 2.24) is 9.78 Å². The zero-order chi connectivity index (χ0) is 14.8. The molecule has 0 spiro atoms. The van der Waals surface area contributed by atoms with Crippen LogP contribution < -0.4 is 0 Å². The Morgan fingerprint density at radius 3 is 2.52 bits per heavy atom. The van der Waals surface area contributed by atoms with Crippen molar-refractivity contribution in [2.24, 2.45) is 0 Å². The van der Waals surface area contributed by atoms with E-state index in [1.165, 1.54) is 16.8 Å². The topological polar surface area (TPSA) is 61.0 Å². The van der Waals surface area contributed by atoms with Gasteiger partial charge in [0.1, 0.15) is 5.69 Å². The lowest BCUT2D eigenvalue weighted by Gasteiger charge is -2.03. The second kappa shape index (κ2) is 5.16. The SMILES string of the molecule is O=[N+]([O-])c1c(F)cccc1-n1cc(-c2ccccc2)cn1. The first-order valence-corrected chi connectivity index (χ1v) is 6.20. The minimum Gasteiger partial charge on any atom is -0.258 e. The summed E-state index contributed by atoms with van der Waals surface area (Å²) >= 11 is 0. The molecule has 0 atom stereocenters. The van der Waals surface area contributed by atoms with Crippen molar-refractivity contribution in [3.05, 3.63) is 76.9 Å². The third-order valence-corrected chi connectivity index (χ3v) is 3.08. The summed E-state index contributed by atoms with van der Waals surface area (Å²) in [6.45, 7) is 0. The smallest absolute Gasteiger partial charge is 0.258 e. The molecule has 0 saturated carbocycles. The first-order chi connectivity index (χ1) is 10.2. The summed E-state index contributed by atoms with van der Waals surface area (Å²) in [6, 6.07) is 13.4. The predicted molar refractivity (Wildman–Crippen MR) is 75.6 cm³/mol. The van der Waals surface area contributed by atoms with Crippen LogP contribution in [0.5, 0.6) is 0 Å². The molecule has 0 saturated heterocycles. The number of nitrogens with zero attached hydrogens (tertiary/aromatic N) is 3. The summed E-state index contributed by atoms with van der Waals surface area (Å²) in [7, 11) is 0. The number of halogens is 1. The van der Waals surface area contributed by atoms with Crippen molar-refractivity contribution in [2.75, 3.05) is 0 Å². The summed E-state index contributed by atoms with van der Waals surface area (Å²) in [4.78, 5) is 10.3. The highest BCUT2D eigenvalue weighted by Gasteiger charge is 2.21. The molecule has 3 rings (SSSR count). The zero-order valence-electron chi connectivity index (χ0n) is 10.8. The Morgan fingerprint density at radius 1 is 1.05 bits per heavy atom. The van der Waals surface area contributed by atoms with Gasteiger partial charge < -0.3 is 0 Å². The quantitative estimate of drug-likeness (QED) is 0.545. The highest BCUT2D eigenvalue weighted by atomic mass is 19.1. The Bertz CT molecular complexity index is 800. The average Bonchev–Trinajstić information content (AvgIpc) is 2.97. The van der Waals surface area contributed by atoms with E-state index in [0.717, 1.165) is 17.2 Å². The summed E-state index contributed by atoms with van der Waals surface area (Å²) in [6.07, 6.45) is 3.22. The second-order valence-electron chi connectivity index (χ2n) is 4.40. The molecule has 3 aromatic rings. The lowest BCUT2D eigenvalue weighted by molar-refractivity contribution is -0.387. The summed E-state index contributed by atoms with van der Waals surface area (Å²) in [5, 5.41) is 15.1. The third kappa shape index (κ3) is 2.38. The van der Waals surface area contributed by atoms with Gasteiger partial charge in [-0.25, -0.2) is 4.68 Å². The van der Waals surface area contributed by atoms with Crippen LogP contribution in [-0.4, -0.2) is 14.7 Å². The van der Waals surface area contributed by atoms with E-state index in [1.807, 2.05) is 30.3 Å². The first kappa shape index (κ1) is 13.0. The number of aromatic nitrogens is 2. The Kier molecular flexibility index (Phi) is 3.19. The van der Waals surface area contributed by atoms with Crippen LogP contribution in [0.25, 0.3) is 16.8 Å². The van der Waals surface area contributed by atoms with Crippen molar-refractivity contribution in [3.8, 4) is 16.8 Å². The number of para-hydroxylation sites is 1. The molecule has 1 heterocycles. The van der Waals surface area contributed by atoms with Gasteiger partial charge in [-0.05, 0) is 17.7 Å². The second-order valence-corrected chi connectivity index (χ2v) is 4.40. The molecular weight excluding hydrogens is 273 g/mol. The van der Waals surface area contributed by atoms with Gasteiger partial charge in [-0.15, -0.1) is 0 Å². The van der Waals surface area contributed by atoms with E-state index in [-0.39, 0.29) is 5.69 Å². The van der Waals surface area contributed by atoms with Crippen molar-refractivity contribution >= 4 is 5.69 Å². The number of nitro groups is 1. The fourth-order valence-corrected chi connectivity index (χ4v) is 2.10. The van der Waals surface area contributed by atoms with Crippen LogP contribution in [-0.2, 0) is 0 Å². The van der Waals surface area contributed by atoms with Gasteiger partial charge in [0.15, 0.2) is 0 Å². The van der Waals surface area contributed by atoms with Crippen molar-refractivity contribution in [2.45, 2.75) is 0 Å². The Hall–Kier alpha value is -3.02. The average molecular weight is 283 g/mol. The van der Waals surface area contributed by atoms with Crippen molar-refractivity contribution in [3.63, 3.8) is 0 Å². The molecule has 0 aliphatic carbocycles. The Balaban J connectivity index is 2.09. The maximum Gasteiger partial charge on any atom is 0.330 e. The molecule has 0 aliphatic rings. The molecule has 0 amide bonds. The van der Waals surface area contributed by atoms with E-state index in [4.69, 9.17) is 0 Å². The molecule has 0 bridgehead atoms. The van der Waals surface area contributed by atoms with Crippen molar-refractivity contribution in [1.29, 1.82) is 0 Å². The van der Waals surface area contributed by atoms with E-state index in [1.54, 1.807) is 12.4 Å². The minimum atomic E-state index is -0.880. The molecule has 0 fully saturated rings. The summed E-state index contributed by atoms with van der Waals surface area (Å²) in [5.41, 5.74) is 1.25. The van der Waals surface area contributed by atoms with E-state index >= 15 is 0 Å². The summed E-state index contributed by atoms with van der Waals surface area (Å²) < 4.78 is 14.9. The van der Waals surface area contributed by atoms with E-state index < -0.39 is 16.4 Å². The molecule has 21 heavy (non-hydrogen) atoms. The lowest BCUT2D eigenvalue weighted by atomic mass is 10.1. The van der Waals surface area contributed by atoms with Crippen LogP contribution in [0, 0.1) is 15.9 Å². The van der Waals surface area contributed by atoms with E-state index in [0.29, 0.717) is 0 Å². The number of nitro benzene ring substituents is 1. The van der Waals surface area contributed by atoms with Gasteiger partial charge in [0.05, 0.1) is 11.1 Å².